The molecule has 1 N–H and O–H groups in total. The number of amides is 1. The molecule has 5 heteroatoms. The highest BCUT2D eigenvalue weighted by Crippen LogP contribution is 2.29. The highest BCUT2D eigenvalue weighted by Gasteiger charge is 2.23. The van der Waals surface area contributed by atoms with Crippen LogP contribution in [0.1, 0.15) is 11.3 Å². The molecule has 0 aliphatic carbocycles. The summed E-state index contributed by atoms with van der Waals surface area (Å²) < 4.78 is 5.99. The second-order valence-electron chi connectivity index (χ2n) is 4.77. The number of nitrogens with one attached hydrogen (secondary N) is 1. The van der Waals surface area contributed by atoms with Crippen LogP contribution in [0.15, 0.2) is 22.7 Å². The number of hydrogen-bond acceptors (Lipinski definition) is 2. The maximum Gasteiger partial charge on any atom is 0.248 e. The minimum Gasteiger partial charge on any atom is -0.375 e. The molecule has 2 heterocycles. The maximum absolute atomic E-state index is 11.9. The molecule has 100 valence electrons. The summed E-state index contributed by atoms with van der Waals surface area (Å²) in [5.74, 6) is 0.0552. The Morgan fingerprint density at radius 3 is 3.16 bits per heavy atom. The molecule has 1 aromatic heterocycles. The lowest BCUT2D eigenvalue weighted by molar-refractivity contribution is -0.136. The van der Waals surface area contributed by atoms with Gasteiger partial charge in [0.05, 0.1) is 0 Å². The van der Waals surface area contributed by atoms with Gasteiger partial charge in [-0.25, -0.2) is 0 Å². The Kier molecular flexibility index (Phi) is 3.33. The van der Waals surface area contributed by atoms with Crippen molar-refractivity contribution in [2.45, 2.75) is 13.0 Å². The van der Waals surface area contributed by atoms with Gasteiger partial charge in [0, 0.05) is 53.3 Å². The second kappa shape index (κ2) is 4.98. The molecule has 0 unspecified atom stereocenters. The van der Waals surface area contributed by atoms with E-state index >= 15 is 0 Å². The summed E-state index contributed by atoms with van der Waals surface area (Å²) in [5.41, 5.74) is 3.60. The van der Waals surface area contributed by atoms with Crippen LogP contribution in [0.25, 0.3) is 10.9 Å². The van der Waals surface area contributed by atoms with Crippen molar-refractivity contribution in [3.05, 3.63) is 33.9 Å². The summed E-state index contributed by atoms with van der Waals surface area (Å²) in [5, 5.41) is 1.20. The first-order chi connectivity index (χ1) is 9.19. The molecular formula is C14H15BrN2O2. The van der Waals surface area contributed by atoms with E-state index in [1.54, 1.807) is 7.11 Å². The third-order valence-corrected chi connectivity index (χ3v) is 4.05. The number of methoxy groups -OCH3 is 1. The Hall–Kier alpha value is -1.33. The maximum atomic E-state index is 11.9. The minimum atomic E-state index is 0.0552. The van der Waals surface area contributed by atoms with Crippen molar-refractivity contribution in [2.24, 2.45) is 0 Å². The summed E-state index contributed by atoms with van der Waals surface area (Å²) in [7, 11) is 1.55. The predicted molar refractivity (Wildman–Crippen MR) is 77.0 cm³/mol. The van der Waals surface area contributed by atoms with E-state index in [1.165, 1.54) is 16.6 Å². The first-order valence-electron chi connectivity index (χ1n) is 6.24. The van der Waals surface area contributed by atoms with Gasteiger partial charge in [-0.05, 0) is 12.1 Å². The van der Waals surface area contributed by atoms with Gasteiger partial charge in [0.15, 0.2) is 0 Å². The zero-order valence-electron chi connectivity index (χ0n) is 10.7. The van der Waals surface area contributed by atoms with E-state index in [0.29, 0.717) is 6.54 Å². The standard InChI is InChI=1S/C14H15BrN2O2/c1-19-8-14(18)17-5-4-12-11(7-17)10-3-2-9(15)6-13(10)16-12/h2-3,6,16H,4-5,7-8H2,1H3. The lowest BCUT2D eigenvalue weighted by Gasteiger charge is -2.27. The van der Waals surface area contributed by atoms with E-state index in [2.05, 4.69) is 33.0 Å². The molecule has 4 nitrogen and oxygen atoms in total. The fraction of sp³-hybridized carbons (Fsp3) is 0.357. The third kappa shape index (κ3) is 2.28. The van der Waals surface area contributed by atoms with Crippen LogP contribution in [0.5, 0.6) is 0 Å². The van der Waals surface area contributed by atoms with Gasteiger partial charge in [0.25, 0.3) is 0 Å². The Labute approximate surface area is 119 Å². The van der Waals surface area contributed by atoms with Crippen molar-refractivity contribution in [1.29, 1.82) is 0 Å². The number of nitrogens with zero attached hydrogens (tertiary/aromatic N) is 1. The van der Waals surface area contributed by atoms with Crippen molar-refractivity contribution < 1.29 is 9.53 Å². The second-order valence-corrected chi connectivity index (χ2v) is 5.69. The molecule has 2 aromatic rings. The summed E-state index contributed by atoms with van der Waals surface area (Å²) in [4.78, 5) is 17.2. The van der Waals surface area contributed by atoms with Crippen molar-refractivity contribution in [3.8, 4) is 0 Å². The lowest BCUT2D eigenvalue weighted by Crippen LogP contribution is -2.37. The summed E-state index contributed by atoms with van der Waals surface area (Å²) in [6, 6.07) is 6.21. The number of rotatable bonds is 2. The molecule has 3 rings (SSSR count). The van der Waals surface area contributed by atoms with E-state index in [-0.39, 0.29) is 12.5 Å². The number of aromatic amines is 1. The molecule has 1 aromatic carbocycles. The quantitative estimate of drug-likeness (QED) is 0.923. The van der Waals surface area contributed by atoms with E-state index in [0.717, 1.165) is 23.0 Å². The average molecular weight is 323 g/mol. The number of benzene rings is 1. The largest absolute Gasteiger partial charge is 0.375 e. The SMILES string of the molecule is COCC(=O)N1CCc2[nH]c3cc(Br)ccc3c2C1. The van der Waals surface area contributed by atoms with Gasteiger partial charge < -0.3 is 14.6 Å². The number of fused-ring (bicyclic) bond motifs is 3. The van der Waals surface area contributed by atoms with Crippen LogP contribution >= 0.6 is 15.9 Å². The fourth-order valence-electron chi connectivity index (χ4n) is 2.62. The highest BCUT2D eigenvalue weighted by atomic mass is 79.9. The van der Waals surface area contributed by atoms with Crippen molar-refractivity contribution in [3.63, 3.8) is 0 Å². The van der Waals surface area contributed by atoms with Gasteiger partial charge in [-0.15, -0.1) is 0 Å². The Morgan fingerprint density at radius 2 is 2.37 bits per heavy atom. The number of H-pyrrole nitrogens is 1. The molecule has 1 amide bonds. The normalized spacial score (nSPS) is 14.7. The first-order valence-corrected chi connectivity index (χ1v) is 7.04. The molecule has 0 atom stereocenters. The van der Waals surface area contributed by atoms with Crippen LogP contribution in [0.3, 0.4) is 0 Å². The number of hydrogen-bond donors (Lipinski definition) is 1. The monoisotopic (exact) mass is 322 g/mol. The van der Waals surface area contributed by atoms with Crippen LogP contribution in [0.4, 0.5) is 0 Å². The molecule has 0 saturated heterocycles. The number of carbonyl (C=O) groups is 1. The summed E-state index contributed by atoms with van der Waals surface area (Å²) >= 11 is 3.48. The van der Waals surface area contributed by atoms with Crippen LogP contribution < -0.4 is 0 Å². The number of carbonyl (C=O) groups excluding carboxylic acids is 1. The zero-order valence-corrected chi connectivity index (χ0v) is 12.3. The molecule has 1 aliphatic rings. The van der Waals surface area contributed by atoms with Crippen molar-refractivity contribution >= 4 is 32.7 Å². The van der Waals surface area contributed by atoms with Crippen LogP contribution in [-0.2, 0) is 22.5 Å². The third-order valence-electron chi connectivity index (χ3n) is 3.56. The molecule has 0 radical (unpaired) electrons. The molecule has 0 spiro atoms. The van der Waals surface area contributed by atoms with Crippen LogP contribution in [-0.4, -0.2) is 36.1 Å². The average Bonchev–Trinajstić information content (AvgIpc) is 2.75. The predicted octanol–water partition coefficient (Wildman–Crippen LogP) is 2.46. The number of ether oxygens (including phenoxy) is 1. The van der Waals surface area contributed by atoms with Gasteiger partial charge in [-0.2, -0.15) is 0 Å². The molecule has 19 heavy (non-hydrogen) atoms. The zero-order chi connectivity index (χ0) is 13.4. The minimum absolute atomic E-state index is 0.0552. The van der Waals surface area contributed by atoms with Crippen LogP contribution in [0.2, 0.25) is 0 Å². The van der Waals surface area contributed by atoms with Crippen molar-refractivity contribution in [2.75, 3.05) is 20.3 Å². The Bertz CT molecular complexity index is 636. The molecule has 1 aliphatic heterocycles. The topological polar surface area (TPSA) is 45.3 Å². The fourth-order valence-corrected chi connectivity index (χ4v) is 2.98. The van der Waals surface area contributed by atoms with E-state index in [9.17, 15) is 4.79 Å². The molecule has 0 fully saturated rings. The first kappa shape index (κ1) is 12.7. The van der Waals surface area contributed by atoms with Gasteiger partial charge in [0.1, 0.15) is 6.61 Å². The van der Waals surface area contributed by atoms with E-state index in [1.807, 2.05) is 11.0 Å². The van der Waals surface area contributed by atoms with Gasteiger partial charge in [-0.1, -0.05) is 22.0 Å². The van der Waals surface area contributed by atoms with Crippen molar-refractivity contribution in [1.82, 2.24) is 9.88 Å². The highest BCUT2D eigenvalue weighted by molar-refractivity contribution is 9.10. The Balaban J connectivity index is 1.95. The smallest absolute Gasteiger partial charge is 0.248 e. The molecule has 0 bridgehead atoms. The number of aromatic nitrogens is 1. The summed E-state index contributed by atoms with van der Waals surface area (Å²) in [6.45, 7) is 1.57. The van der Waals surface area contributed by atoms with Gasteiger partial charge >= 0.3 is 0 Å². The summed E-state index contributed by atoms with van der Waals surface area (Å²) in [6.07, 6.45) is 0.872. The number of halogens is 1. The van der Waals surface area contributed by atoms with Crippen LogP contribution in [0, 0.1) is 0 Å². The molecular weight excluding hydrogens is 308 g/mol. The van der Waals surface area contributed by atoms with Gasteiger partial charge in [0.2, 0.25) is 5.91 Å². The lowest BCUT2D eigenvalue weighted by atomic mass is 10.0. The van der Waals surface area contributed by atoms with Gasteiger partial charge in [-0.3, -0.25) is 4.79 Å². The van der Waals surface area contributed by atoms with E-state index in [4.69, 9.17) is 4.74 Å². The Morgan fingerprint density at radius 1 is 1.53 bits per heavy atom. The van der Waals surface area contributed by atoms with E-state index < -0.39 is 0 Å². The molecule has 0 saturated carbocycles.